The van der Waals surface area contributed by atoms with E-state index in [1.165, 1.54) is 19.4 Å². The number of nitrogens with zero attached hydrogens (tertiary/aromatic N) is 1. The Balaban J connectivity index is 2.77. The van der Waals surface area contributed by atoms with Gasteiger partial charge in [-0.3, -0.25) is 4.90 Å². The lowest BCUT2D eigenvalue weighted by atomic mass is 9.83. The van der Waals surface area contributed by atoms with E-state index in [1.54, 1.807) is 0 Å². The summed E-state index contributed by atoms with van der Waals surface area (Å²) in [6, 6.07) is 0. The van der Waals surface area contributed by atoms with Crippen LogP contribution in [-0.2, 0) is 4.74 Å². The third kappa shape index (κ3) is 4.21. The molecule has 3 heteroatoms. The van der Waals surface area contributed by atoms with Crippen molar-refractivity contribution >= 4 is 15.9 Å². The summed E-state index contributed by atoms with van der Waals surface area (Å²) in [6.45, 7) is 16.7. The van der Waals surface area contributed by atoms with Gasteiger partial charge in [-0.05, 0) is 46.0 Å². The summed E-state index contributed by atoms with van der Waals surface area (Å²) in [5.41, 5.74) is 0.325. The largest absolute Gasteiger partial charge is 0.367 e. The Morgan fingerprint density at radius 3 is 1.83 bits per heavy atom. The molecule has 0 aromatic carbocycles. The lowest BCUT2D eigenvalue weighted by molar-refractivity contribution is -0.184. The van der Waals surface area contributed by atoms with E-state index in [0.29, 0.717) is 5.41 Å². The zero-order chi connectivity index (χ0) is 14.0. The van der Waals surface area contributed by atoms with Crippen LogP contribution in [0, 0.1) is 5.41 Å². The van der Waals surface area contributed by atoms with Gasteiger partial charge in [0.05, 0.1) is 11.2 Å². The Morgan fingerprint density at radius 1 is 1.06 bits per heavy atom. The molecule has 1 fully saturated rings. The molecule has 0 N–H and O–H groups in total. The first-order valence-corrected chi connectivity index (χ1v) is 8.28. The molecule has 108 valence electrons. The number of hydrogen-bond donors (Lipinski definition) is 0. The molecule has 0 bridgehead atoms. The second kappa shape index (κ2) is 5.80. The van der Waals surface area contributed by atoms with Crippen molar-refractivity contribution in [1.82, 2.24) is 4.90 Å². The average molecular weight is 320 g/mol. The minimum absolute atomic E-state index is 0.0404. The maximum absolute atomic E-state index is 6.15. The normalized spacial score (nSPS) is 24.2. The first kappa shape index (κ1) is 16.5. The van der Waals surface area contributed by atoms with Crippen molar-refractivity contribution in [3.05, 3.63) is 0 Å². The molecule has 0 spiro atoms. The summed E-state index contributed by atoms with van der Waals surface area (Å²) < 4.78 is 6.15. The summed E-state index contributed by atoms with van der Waals surface area (Å²) in [7, 11) is 0. The van der Waals surface area contributed by atoms with Gasteiger partial charge in [-0.25, -0.2) is 0 Å². The van der Waals surface area contributed by atoms with Gasteiger partial charge in [0.2, 0.25) is 0 Å². The molecule has 1 heterocycles. The molecule has 0 radical (unpaired) electrons. The summed E-state index contributed by atoms with van der Waals surface area (Å²) in [6.07, 6.45) is 2.46. The van der Waals surface area contributed by atoms with Gasteiger partial charge in [-0.1, -0.05) is 29.8 Å². The van der Waals surface area contributed by atoms with Crippen LogP contribution in [0.25, 0.3) is 0 Å². The van der Waals surface area contributed by atoms with E-state index in [9.17, 15) is 0 Å². The van der Waals surface area contributed by atoms with Crippen molar-refractivity contribution in [3.63, 3.8) is 0 Å². The topological polar surface area (TPSA) is 12.5 Å². The molecule has 1 rings (SSSR count). The Morgan fingerprint density at radius 2 is 1.50 bits per heavy atom. The van der Waals surface area contributed by atoms with Crippen LogP contribution in [0.3, 0.4) is 0 Å². The van der Waals surface area contributed by atoms with E-state index in [4.69, 9.17) is 4.74 Å². The van der Waals surface area contributed by atoms with E-state index >= 15 is 0 Å². The van der Waals surface area contributed by atoms with E-state index in [2.05, 4.69) is 62.4 Å². The van der Waals surface area contributed by atoms with Gasteiger partial charge in [-0.15, -0.1) is 0 Å². The highest BCUT2D eigenvalue weighted by molar-refractivity contribution is 9.09. The van der Waals surface area contributed by atoms with E-state index in [-0.39, 0.29) is 11.2 Å². The number of morpholine rings is 1. The van der Waals surface area contributed by atoms with Gasteiger partial charge in [0, 0.05) is 25.0 Å². The fourth-order valence-electron chi connectivity index (χ4n) is 3.24. The molecule has 0 aromatic heterocycles. The molecule has 0 atom stereocenters. The quantitative estimate of drug-likeness (QED) is 0.708. The minimum Gasteiger partial charge on any atom is -0.367 e. The minimum atomic E-state index is -0.0404. The summed E-state index contributed by atoms with van der Waals surface area (Å²) in [4.78, 5) is 2.60. The molecular formula is C15H30BrNO. The van der Waals surface area contributed by atoms with Gasteiger partial charge < -0.3 is 4.74 Å². The second-order valence-electron chi connectivity index (χ2n) is 7.11. The second-order valence-corrected chi connectivity index (χ2v) is 7.67. The van der Waals surface area contributed by atoms with Crippen LogP contribution in [0.1, 0.15) is 54.4 Å². The van der Waals surface area contributed by atoms with Gasteiger partial charge in [0.15, 0.2) is 0 Å². The van der Waals surface area contributed by atoms with Crippen LogP contribution in [0.5, 0.6) is 0 Å². The Bertz CT molecular complexity index is 247. The zero-order valence-corrected chi connectivity index (χ0v) is 14.6. The molecule has 18 heavy (non-hydrogen) atoms. The van der Waals surface area contributed by atoms with Crippen LogP contribution >= 0.6 is 15.9 Å². The molecule has 1 saturated heterocycles. The Hall–Kier alpha value is 0.400. The third-order valence-corrected chi connectivity index (χ3v) is 5.29. The van der Waals surface area contributed by atoms with Crippen molar-refractivity contribution in [3.8, 4) is 0 Å². The molecule has 0 saturated carbocycles. The molecule has 0 unspecified atom stereocenters. The molecular weight excluding hydrogens is 290 g/mol. The van der Waals surface area contributed by atoms with Crippen molar-refractivity contribution in [2.75, 3.05) is 25.0 Å². The fourth-order valence-corrected chi connectivity index (χ4v) is 4.21. The molecule has 1 aliphatic heterocycles. The summed E-state index contributed by atoms with van der Waals surface area (Å²) in [5.74, 6) is 0. The lowest BCUT2D eigenvalue weighted by Gasteiger charge is -2.49. The van der Waals surface area contributed by atoms with Gasteiger partial charge >= 0.3 is 0 Å². The molecule has 0 aliphatic carbocycles. The van der Waals surface area contributed by atoms with Crippen LogP contribution in [0.15, 0.2) is 0 Å². The summed E-state index contributed by atoms with van der Waals surface area (Å²) in [5, 5.41) is 1.09. The number of alkyl halides is 1. The highest BCUT2D eigenvalue weighted by Crippen LogP contribution is 2.34. The first-order valence-electron chi connectivity index (χ1n) is 7.16. The Kier molecular flexibility index (Phi) is 5.30. The van der Waals surface area contributed by atoms with Crippen molar-refractivity contribution in [2.45, 2.75) is 65.6 Å². The average Bonchev–Trinajstić information content (AvgIpc) is 2.22. The highest BCUT2D eigenvalue weighted by atomic mass is 79.9. The van der Waals surface area contributed by atoms with Gasteiger partial charge in [0.25, 0.3) is 0 Å². The monoisotopic (exact) mass is 319 g/mol. The SMILES string of the molecule is CCC(CC)(CBr)CN1CC(C)(C)OC(C)(C)C1. The summed E-state index contributed by atoms with van der Waals surface area (Å²) >= 11 is 3.72. The first-order chi connectivity index (χ1) is 8.17. The lowest BCUT2D eigenvalue weighted by Crippen LogP contribution is -2.59. The predicted octanol–water partition coefficient (Wildman–Crippen LogP) is 4.08. The zero-order valence-electron chi connectivity index (χ0n) is 13.0. The van der Waals surface area contributed by atoms with Gasteiger partial charge in [0.1, 0.15) is 0 Å². The Labute approximate surface area is 122 Å². The number of hydrogen-bond acceptors (Lipinski definition) is 2. The molecule has 0 aromatic rings. The maximum Gasteiger partial charge on any atom is 0.0760 e. The standard InChI is InChI=1S/C15H30BrNO/c1-7-15(8-2,9-16)12-17-10-13(3,4)18-14(5,6)11-17/h7-12H2,1-6H3. The third-order valence-electron chi connectivity index (χ3n) is 4.10. The fraction of sp³-hybridized carbons (Fsp3) is 1.00. The molecule has 2 nitrogen and oxygen atoms in total. The predicted molar refractivity (Wildman–Crippen MR) is 82.5 cm³/mol. The number of ether oxygens (including phenoxy) is 1. The van der Waals surface area contributed by atoms with Crippen LogP contribution in [-0.4, -0.2) is 41.1 Å². The van der Waals surface area contributed by atoms with Gasteiger partial charge in [-0.2, -0.15) is 0 Å². The smallest absolute Gasteiger partial charge is 0.0760 e. The molecule has 1 aliphatic rings. The van der Waals surface area contributed by atoms with E-state index in [1.807, 2.05) is 0 Å². The van der Waals surface area contributed by atoms with E-state index < -0.39 is 0 Å². The van der Waals surface area contributed by atoms with Crippen LogP contribution < -0.4 is 0 Å². The van der Waals surface area contributed by atoms with Crippen molar-refractivity contribution in [1.29, 1.82) is 0 Å². The molecule has 0 amide bonds. The highest BCUT2D eigenvalue weighted by Gasteiger charge is 2.40. The van der Waals surface area contributed by atoms with Crippen molar-refractivity contribution in [2.24, 2.45) is 5.41 Å². The van der Waals surface area contributed by atoms with E-state index in [0.717, 1.165) is 18.4 Å². The van der Waals surface area contributed by atoms with Crippen LogP contribution in [0.2, 0.25) is 0 Å². The van der Waals surface area contributed by atoms with Crippen LogP contribution in [0.4, 0.5) is 0 Å². The van der Waals surface area contributed by atoms with Crippen molar-refractivity contribution < 1.29 is 4.74 Å². The maximum atomic E-state index is 6.15. The number of rotatable bonds is 5. The number of halogens is 1.